The Morgan fingerprint density at radius 1 is 1.47 bits per heavy atom. The van der Waals surface area contributed by atoms with Crippen LogP contribution in [0.25, 0.3) is 0 Å². The van der Waals surface area contributed by atoms with Gasteiger partial charge in [-0.25, -0.2) is 13.8 Å². The van der Waals surface area contributed by atoms with Gasteiger partial charge in [-0.2, -0.15) is 0 Å². The number of aldehydes is 1. The summed E-state index contributed by atoms with van der Waals surface area (Å²) in [7, 11) is 0. The lowest BCUT2D eigenvalue weighted by Crippen LogP contribution is -2.43. The van der Waals surface area contributed by atoms with Gasteiger partial charge in [0.05, 0.1) is 12.2 Å². The summed E-state index contributed by atoms with van der Waals surface area (Å²) in [6, 6.07) is 3.25. The maximum absolute atomic E-state index is 13.3. The minimum Gasteiger partial charge on any atom is -0.351 e. The molecule has 0 amide bonds. The van der Waals surface area contributed by atoms with Crippen LogP contribution in [0.1, 0.15) is 28.9 Å². The molecule has 0 bridgehead atoms. The van der Waals surface area contributed by atoms with E-state index in [-0.39, 0.29) is 13.0 Å². The summed E-state index contributed by atoms with van der Waals surface area (Å²) in [6.45, 7) is 2.00. The highest BCUT2D eigenvalue weighted by Crippen LogP contribution is 2.29. The molecule has 1 aliphatic heterocycles. The number of halogens is 2. The van der Waals surface area contributed by atoms with Crippen LogP contribution in [0, 0.1) is 6.92 Å². The number of hydrogen-bond acceptors (Lipinski definition) is 3. The minimum atomic E-state index is -2.64. The van der Waals surface area contributed by atoms with E-state index in [1.807, 2.05) is 0 Å². The number of aryl methyl sites for hydroxylation is 1. The molecule has 1 aliphatic rings. The van der Waals surface area contributed by atoms with Gasteiger partial charge in [0.1, 0.15) is 5.82 Å². The van der Waals surface area contributed by atoms with E-state index in [0.29, 0.717) is 30.0 Å². The average Bonchev–Trinajstić information content (AvgIpc) is 2.27. The highest BCUT2D eigenvalue weighted by molar-refractivity contribution is 5.76. The normalized spacial score (nSPS) is 19.1. The molecule has 0 saturated carbocycles. The van der Waals surface area contributed by atoms with Gasteiger partial charge in [-0.15, -0.1) is 0 Å². The third-order valence-electron chi connectivity index (χ3n) is 2.96. The predicted molar refractivity (Wildman–Crippen MR) is 60.8 cm³/mol. The molecule has 17 heavy (non-hydrogen) atoms. The summed E-state index contributed by atoms with van der Waals surface area (Å²) in [6.07, 6.45) is 1.12. The van der Waals surface area contributed by atoms with E-state index in [9.17, 15) is 13.6 Å². The molecule has 1 aromatic heterocycles. The SMILES string of the molecule is Cc1nc(N2CCCC(F)(F)C2)ccc1C=O. The average molecular weight is 240 g/mol. The number of hydrogen-bond donors (Lipinski definition) is 0. The van der Waals surface area contributed by atoms with Crippen LogP contribution in [0.5, 0.6) is 0 Å². The quantitative estimate of drug-likeness (QED) is 0.744. The van der Waals surface area contributed by atoms with E-state index in [1.54, 1.807) is 24.0 Å². The zero-order chi connectivity index (χ0) is 12.5. The number of carbonyl (C=O) groups is 1. The molecule has 92 valence electrons. The molecule has 0 N–H and O–H groups in total. The number of rotatable bonds is 2. The number of aromatic nitrogens is 1. The van der Waals surface area contributed by atoms with Gasteiger partial charge in [-0.05, 0) is 25.5 Å². The molecule has 3 nitrogen and oxygen atoms in total. The smallest absolute Gasteiger partial charge is 0.265 e. The zero-order valence-electron chi connectivity index (χ0n) is 9.62. The summed E-state index contributed by atoms with van der Waals surface area (Å²) >= 11 is 0. The lowest BCUT2D eigenvalue weighted by atomic mass is 10.1. The van der Waals surface area contributed by atoms with Gasteiger partial charge >= 0.3 is 0 Å². The lowest BCUT2D eigenvalue weighted by molar-refractivity contribution is -0.0118. The first-order valence-corrected chi connectivity index (χ1v) is 5.57. The molecular weight excluding hydrogens is 226 g/mol. The Labute approximate surface area is 98.5 Å². The van der Waals surface area contributed by atoms with Crippen molar-refractivity contribution >= 4 is 12.1 Å². The summed E-state index contributed by atoms with van der Waals surface area (Å²) < 4.78 is 26.5. The number of anilines is 1. The first-order chi connectivity index (χ1) is 8.02. The lowest BCUT2D eigenvalue weighted by Gasteiger charge is -2.33. The Kier molecular flexibility index (Phi) is 3.09. The van der Waals surface area contributed by atoms with Crippen molar-refractivity contribution in [3.05, 3.63) is 23.4 Å². The van der Waals surface area contributed by atoms with Crippen molar-refractivity contribution in [1.29, 1.82) is 0 Å². The number of pyridine rings is 1. The van der Waals surface area contributed by atoms with E-state index >= 15 is 0 Å². The molecule has 1 aromatic rings. The third-order valence-corrected chi connectivity index (χ3v) is 2.96. The fourth-order valence-electron chi connectivity index (χ4n) is 2.02. The van der Waals surface area contributed by atoms with Gasteiger partial charge < -0.3 is 4.90 Å². The standard InChI is InChI=1S/C12H14F2N2O/c1-9-10(7-17)3-4-11(15-9)16-6-2-5-12(13,14)8-16/h3-4,7H,2,5-6,8H2,1H3. The molecule has 1 fully saturated rings. The van der Waals surface area contributed by atoms with E-state index in [0.717, 1.165) is 6.29 Å². The first kappa shape index (κ1) is 12.0. The Morgan fingerprint density at radius 2 is 2.24 bits per heavy atom. The summed E-state index contributed by atoms with van der Waals surface area (Å²) in [5, 5.41) is 0. The number of piperidine rings is 1. The molecule has 0 unspecified atom stereocenters. The summed E-state index contributed by atoms with van der Waals surface area (Å²) in [5.74, 6) is -2.12. The maximum atomic E-state index is 13.3. The molecule has 0 atom stereocenters. The van der Waals surface area contributed by atoms with Crippen molar-refractivity contribution < 1.29 is 13.6 Å². The van der Waals surface area contributed by atoms with Crippen LogP contribution < -0.4 is 4.90 Å². The van der Waals surface area contributed by atoms with Gasteiger partial charge in [0.2, 0.25) is 0 Å². The van der Waals surface area contributed by atoms with Crippen LogP contribution in [0.3, 0.4) is 0 Å². The van der Waals surface area contributed by atoms with Crippen LogP contribution in [0.4, 0.5) is 14.6 Å². The number of nitrogens with zero attached hydrogens (tertiary/aromatic N) is 2. The maximum Gasteiger partial charge on any atom is 0.265 e. The van der Waals surface area contributed by atoms with Crippen molar-refractivity contribution in [3.63, 3.8) is 0 Å². The van der Waals surface area contributed by atoms with Gasteiger partial charge in [-0.1, -0.05) is 0 Å². The van der Waals surface area contributed by atoms with Crippen molar-refractivity contribution in [2.24, 2.45) is 0 Å². The first-order valence-electron chi connectivity index (χ1n) is 5.57. The summed E-state index contributed by atoms with van der Waals surface area (Å²) in [4.78, 5) is 16.4. The van der Waals surface area contributed by atoms with Crippen LogP contribution >= 0.6 is 0 Å². The minimum absolute atomic E-state index is 0.0606. The second-order valence-electron chi connectivity index (χ2n) is 4.34. The fourth-order valence-corrected chi connectivity index (χ4v) is 2.02. The number of carbonyl (C=O) groups excluding carboxylic acids is 1. The fraction of sp³-hybridized carbons (Fsp3) is 0.500. The second-order valence-corrected chi connectivity index (χ2v) is 4.34. The number of alkyl halides is 2. The van der Waals surface area contributed by atoms with E-state index < -0.39 is 5.92 Å². The van der Waals surface area contributed by atoms with Crippen LogP contribution in [-0.2, 0) is 0 Å². The Hall–Kier alpha value is -1.52. The molecule has 2 rings (SSSR count). The van der Waals surface area contributed by atoms with Gasteiger partial charge in [0.15, 0.2) is 6.29 Å². The molecule has 0 spiro atoms. The molecule has 5 heteroatoms. The molecule has 1 saturated heterocycles. The van der Waals surface area contributed by atoms with Crippen LogP contribution in [-0.4, -0.2) is 30.3 Å². The second kappa shape index (κ2) is 4.39. The van der Waals surface area contributed by atoms with Crippen molar-refractivity contribution in [2.45, 2.75) is 25.7 Å². The molecular formula is C12H14F2N2O. The van der Waals surface area contributed by atoms with Crippen LogP contribution in [0.2, 0.25) is 0 Å². The van der Waals surface area contributed by atoms with E-state index in [4.69, 9.17) is 0 Å². The Balaban J connectivity index is 2.22. The monoisotopic (exact) mass is 240 g/mol. The molecule has 0 radical (unpaired) electrons. The molecule has 0 aromatic carbocycles. The zero-order valence-corrected chi connectivity index (χ0v) is 9.62. The highest BCUT2D eigenvalue weighted by Gasteiger charge is 2.35. The highest BCUT2D eigenvalue weighted by atomic mass is 19.3. The summed E-state index contributed by atoms with van der Waals surface area (Å²) in [5.41, 5.74) is 1.07. The van der Waals surface area contributed by atoms with E-state index in [1.165, 1.54) is 0 Å². The van der Waals surface area contributed by atoms with Crippen molar-refractivity contribution in [1.82, 2.24) is 4.98 Å². The Morgan fingerprint density at radius 3 is 2.82 bits per heavy atom. The third kappa shape index (κ3) is 2.60. The van der Waals surface area contributed by atoms with E-state index in [2.05, 4.69) is 4.98 Å². The predicted octanol–water partition coefficient (Wildman–Crippen LogP) is 2.44. The van der Waals surface area contributed by atoms with Gasteiger partial charge in [-0.3, -0.25) is 4.79 Å². The molecule has 0 aliphatic carbocycles. The van der Waals surface area contributed by atoms with Gasteiger partial charge in [0, 0.05) is 18.5 Å². The van der Waals surface area contributed by atoms with Crippen molar-refractivity contribution in [2.75, 3.05) is 18.0 Å². The topological polar surface area (TPSA) is 33.2 Å². The molecule has 2 heterocycles. The van der Waals surface area contributed by atoms with Crippen molar-refractivity contribution in [3.8, 4) is 0 Å². The largest absolute Gasteiger partial charge is 0.351 e. The van der Waals surface area contributed by atoms with Crippen LogP contribution in [0.15, 0.2) is 12.1 Å². The Bertz CT molecular complexity index is 435. The van der Waals surface area contributed by atoms with Gasteiger partial charge in [0.25, 0.3) is 5.92 Å².